The molecule has 0 amide bonds. The zero-order chi connectivity index (χ0) is 18.8. The monoisotopic (exact) mass is 373 g/mol. The highest BCUT2D eigenvalue weighted by Crippen LogP contribution is 2.30. The molecule has 1 atom stereocenters. The molecule has 0 radical (unpaired) electrons. The average Bonchev–Trinajstić information content (AvgIpc) is 2.81. The lowest BCUT2D eigenvalue weighted by Crippen LogP contribution is -2.12. The van der Waals surface area contributed by atoms with Crippen LogP contribution in [0.5, 0.6) is 0 Å². The predicted octanol–water partition coefficient (Wildman–Crippen LogP) is 5.44. The Morgan fingerprint density at radius 1 is 1.23 bits per heavy atom. The molecule has 3 aromatic rings. The first-order chi connectivity index (χ1) is 12.3. The Bertz CT molecular complexity index is 947. The molecule has 5 heteroatoms. The molecule has 0 saturated heterocycles. The van der Waals surface area contributed by atoms with Gasteiger partial charge in [-0.15, -0.1) is 0 Å². The van der Waals surface area contributed by atoms with Crippen LogP contribution in [0.25, 0.3) is 10.9 Å². The quantitative estimate of drug-likeness (QED) is 0.624. The number of carbonyl (C=O) groups is 1. The molecule has 1 heterocycles. The van der Waals surface area contributed by atoms with Gasteiger partial charge in [-0.2, -0.15) is 0 Å². The van der Waals surface area contributed by atoms with Gasteiger partial charge in [0.2, 0.25) is 0 Å². The fraction of sp³-hybridized carbons (Fsp3) is 0.286. The molecule has 0 aliphatic carbocycles. The molecular formula is C21H21ClFNO2. The first-order valence-electron chi connectivity index (χ1n) is 8.58. The smallest absolute Gasteiger partial charge is 0.303 e. The number of aromatic nitrogens is 1. The van der Waals surface area contributed by atoms with Gasteiger partial charge >= 0.3 is 5.97 Å². The van der Waals surface area contributed by atoms with Crippen LogP contribution in [0.3, 0.4) is 0 Å². The zero-order valence-corrected chi connectivity index (χ0v) is 15.6. The van der Waals surface area contributed by atoms with Crippen molar-refractivity contribution in [3.8, 4) is 0 Å². The molecule has 0 saturated carbocycles. The van der Waals surface area contributed by atoms with E-state index in [9.17, 15) is 9.18 Å². The summed E-state index contributed by atoms with van der Waals surface area (Å²) in [7, 11) is 0. The lowest BCUT2D eigenvalue weighted by molar-refractivity contribution is -0.137. The Hall–Kier alpha value is -2.33. The Morgan fingerprint density at radius 2 is 1.92 bits per heavy atom. The molecule has 0 aliphatic heterocycles. The van der Waals surface area contributed by atoms with E-state index in [4.69, 9.17) is 16.7 Å². The van der Waals surface area contributed by atoms with Crippen molar-refractivity contribution in [3.05, 3.63) is 70.1 Å². The first kappa shape index (κ1) is 18.5. The van der Waals surface area contributed by atoms with Crippen LogP contribution in [0.4, 0.5) is 4.39 Å². The number of nitrogens with zero attached hydrogens (tertiary/aromatic N) is 1. The van der Waals surface area contributed by atoms with Gasteiger partial charge in [-0.05, 0) is 60.7 Å². The van der Waals surface area contributed by atoms with E-state index in [1.807, 2.05) is 38.1 Å². The van der Waals surface area contributed by atoms with Crippen LogP contribution in [0.2, 0.25) is 5.02 Å². The van der Waals surface area contributed by atoms with Gasteiger partial charge in [-0.3, -0.25) is 4.79 Å². The van der Waals surface area contributed by atoms with E-state index in [0.29, 0.717) is 18.0 Å². The normalized spacial score (nSPS) is 12.5. The first-order valence-corrected chi connectivity index (χ1v) is 8.96. The highest BCUT2D eigenvalue weighted by molar-refractivity contribution is 6.30. The van der Waals surface area contributed by atoms with Crippen molar-refractivity contribution in [2.45, 2.75) is 33.2 Å². The van der Waals surface area contributed by atoms with Gasteiger partial charge in [0.25, 0.3) is 0 Å². The predicted molar refractivity (Wildman–Crippen MR) is 102 cm³/mol. The highest BCUT2D eigenvalue weighted by atomic mass is 35.5. The molecule has 2 aromatic carbocycles. The number of hydrogen-bond donors (Lipinski definition) is 1. The topological polar surface area (TPSA) is 42.2 Å². The second-order valence-corrected chi connectivity index (χ2v) is 7.29. The third-order valence-electron chi connectivity index (χ3n) is 4.73. The maximum absolute atomic E-state index is 13.8. The minimum Gasteiger partial charge on any atom is -0.481 e. The standard InChI is InChI=1S/C21H21ClFNO2/c1-13(10-21(25)26)9-20-14(2)18-11-17(23)7-8-19(18)24(20)12-15-3-5-16(22)6-4-15/h3-8,11,13H,9-10,12H2,1-2H3,(H,25,26). The summed E-state index contributed by atoms with van der Waals surface area (Å²) in [6.45, 7) is 4.53. The summed E-state index contributed by atoms with van der Waals surface area (Å²) in [5.74, 6) is -1.08. The maximum atomic E-state index is 13.8. The van der Waals surface area contributed by atoms with E-state index in [0.717, 1.165) is 27.7 Å². The van der Waals surface area contributed by atoms with Gasteiger partial charge in [0, 0.05) is 34.6 Å². The number of carboxylic acids is 1. The van der Waals surface area contributed by atoms with E-state index in [1.165, 1.54) is 6.07 Å². The van der Waals surface area contributed by atoms with Gasteiger partial charge in [0.05, 0.1) is 0 Å². The van der Waals surface area contributed by atoms with Crippen LogP contribution in [0.15, 0.2) is 42.5 Å². The third kappa shape index (κ3) is 3.91. The summed E-state index contributed by atoms with van der Waals surface area (Å²) in [6, 6.07) is 12.4. The number of hydrogen-bond acceptors (Lipinski definition) is 1. The van der Waals surface area contributed by atoms with E-state index in [-0.39, 0.29) is 18.2 Å². The van der Waals surface area contributed by atoms with Crippen LogP contribution >= 0.6 is 11.6 Å². The van der Waals surface area contributed by atoms with E-state index >= 15 is 0 Å². The SMILES string of the molecule is Cc1c(CC(C)CC(=O)O)n(Cc2ccc(Cl)cc2)c2ccc(F)cc12. The van der Waals surface area contributed by atoms with Gasteiger partial charge in [0.15, 0.2) is 0 Å². The minimum atomic E-state index is -0.804. The van der Waals surface area contributed by atoms with Crippen molar-refractivity contribution in [2.75, 3.05) is 0 Å². The van der Waals surface area contributed by atoms with Gasteiger partial charge in [-0.25, -0.2) is 4.39 Å². The Morgan fingerprint density at radius 3 is 2.58 bits per heavy atom. The van der Waals surface area contributed by atoms with E-state index in [2.05, 4.69) is 4.57 Å². The molecule has 0 bridgehead atoms. The number of halogens is 2. The molecule has 0 aliphatic rings. The number of fused-ring (bicyclic) bond motifs is 1. The molecule has 136 valence electrons. The molecule has 26 heavy (non-hydrogen) atoms. The van der Waals surface area contributed by atoms with Crippen LogP contribution in [0, 0.1) is 18.7 Å². The minimum absolute atomic E-state index is 0.00988. The van der Waals surface area contributed by atoms with Crippen molar-refractivity contribution in [1.29, 1.82) is 0 Å². The van der Waals surface area contributed by atoms with E-state index < -0.39 is 5.97 Å². The summed E-state index contributed by atoms with van der Waals surface area (Å²) in [6.07, 6.45) is 0.734. The van der Waals surface area contributed by atoms with Gasteiger partial charge in [0.1, 0.15) is 5.82 Å². The van der Waals surface area contributed by atoms with Crippen LogP contribution in [-0.2, 0) is 17.8 Å². The molecule has 1 aromatic heterocycles. The maximum Gasteiger partial charge on any atom is 0.303 e. The average molecular weight is 374 g/mol. The molecular weight excluding hydrogens is 353 g/mol. The number of aryl methyl sites for hydroxylation is 1. The molecule has 0 fully saturated rings. The largest absolute Gasteiger partial charge is 0.481 e. The molecule has 1 unspecified atom stereocenters. The fourth-order valence-corrected chi connectivity index (χ4v) is 3.59. The summed E-state index contributed by atoms with van der Waals surface area (Å²) >= 11 is 5.98. The summed E-state index contributed by atoms with van der Waals surface area (Å²) < 4.78 is 15.9. The van der Waals surface area contributed by atoms with E-state index in [1.54, 1.807) is 12.1 Å². The van der Waals surface area contributed by atoms with Crippen molar-refractivity contribution < 1.29 is 14.3 Å². The Balaban J connectivity index is 2.06. The van der Waals surface area contributed by atoms with Crippen molar-refractivity contribution in [1.82, 2.24) is 4.57 Å². The molecule has 1 N–H and O–H groups in total. The number of aliphatic carboxylic acids is 1. The Kier molecular flexibility index (Phi) is 5.33. The molecule has 0 spiro atoms. The zero-order valence-electron chi connectivity index (χ0n) is 14.8. The van der Waals surface area contributed by atoms with Gasteiger partial charge < -0.3 is 9.67 Å². The lowest BCUT2D eigenvalue weighted by atomic mass is 9.99. The third-order valence-corrected chi connectivity index (χ3v) is 4.98. The second-order valence-electron chi connectivity index (χ2n) is 6.85. The van der Waals surface area contributed by atoms with Crippen molar-refractivity contribution >= 4 is 28.5 Å². The summed E-state index contributed by atoms with van der Waals surface area (Å²) in [4.78, 5) is 11.0. The second kappa shape index (κ2) is 7.50. The van der Waals surface area contributed by atoms with Crippen molar-refractivity contribution in [2.24, 2.45) is 5.92 Å². The summed E-state index contributed by atoms with van der Waals surface area (Å²) in [5, 5.41) is 10.6. The number of carboxylic acid groups (broad SMARTS) is 1. The fourth-order valence-electron chi connectivity index (χ4n) is 3.46. The highest BCUT2D eigenvalue weighted by Gasteiger charge is 2.18. The van der Waals surface area contributed by atoms with Gasteiger partial charge in [-0.1, -0.05) is 30.7 Å². The molecule has 3 rings (SSSR count). The lowest BCUT2D eigenvalue weighted by Gasteiger charge is -2.15. The molecule has 3 nitrogen and oxygen atoms in total. The van der Waals surface area contributed by atoms with Crippen LogP contribution < -0.4 is 0 Å². The van der Waals surface area contributed by atoms with Crippen molar-refractivity contribution in [3.63, 3.8) is 0 Å². The number of benzene rings is 2. The Labute approximate surface area is 157 Å². The van der Waals surface area contributed by atoms with Crippen LogP contribution in [0.1, 0.15) is 30.2 Å². The van der Waals surface area contributed by atoms with Crippen LogP contribution in [-0.4, -0.2) is 15.6 Å². The summed E-state index contributed by atoms with van der Waals surface area (Å²) in [5.41, 5.74) is 4.10. The number of rotatable bonds is 6.